The van der Waals surface area contributed by atoms with E-state index in [0.717, 1.165) is 48.4 Å². The molecule has 3 atom stereocenters. The van der Waals surface area contributed by atoms with Gasteiger partial charge in [0.1, 0.15) is 0 Å². The first-order chi connectivity index (χ1) is 17.9. The number of carbonyl (C=O) groups is 2. The summed E-state index contributed by atoms with van der Waals surface area (Å²) in [4.78, 5) is 28.8. The Morgan fingerprint density at radius 3 is 2.22 bits per heavy atom. The summed E-state index contributed by atoms with van der Waals surface area (Å²) in [7, 11) is 0. The number of nitrogens with zero attached hydrogens (tertiary/aromatic N) is 1. The van der Waals surface area contributed by atoms with Crippen LogP contribution in [0.1, 0.15) is 68.8 Å². The molecule has 0 bridgehead atoms. The van der Waals surface area contributed by atoms with Crippen molar-refractivity contribution >= 4 is 28.9 Å². The minimum Gasteiger partial charge on any atom is -0.385 e. The van der Waals surface area contributed by atoms with Gasteiger partial charge < -0.3 is 15.5 Å². The van der Waals surface area contributed by atoms with Gasteiger partial charge in [-0.15, -0.1) is 0 Å². The molecule has 0 saturated carbocycles. The van der Waals surface area contributed by atoms with Gasteiger partial charge in [-0.1, -0.05) is 70.0 Å². The highest BCUT2D eigenvalue weighted by molar-refractivity contribution is 6.07. The minimum absolute atomic E-state index is 0.00514. The highest BCUT2D eigenvalue weighted by Gasteiger charge is 2.38. The molecule has 37 heavy (non-hydrogen) atoms. The second kappa shape index (κ2) is 12.1. The minimum atomic E-state index is -0.235. The van der Waals surface area contributed by atoms with Crippen LogP contribution < -0.4 is 15.5 Å². The van der Waals surface area contributed by atoms with Gasteiger partial charge in [0.05, 0.1) is 0 Å². The molecule has 1 heterocycles. The molecule has 0 fully saturated rings. The average molecular weight is 498 g/mol. The second-order valence-corrected chi connectivity index (χ2v) is 10.2. The average Bonchev–Trinajstić information content (AvgIpc) is 2.93. The Labute approximate surface area is 221 Å². The van der Waals surface area contributed by atoms with Gasteiger partial charge in [0.2, 0.25) is 5.91 Å². The summed E-state index contributed by atoms with van der Waals surface area (Å²) >= 11 is 0. The van der Waals surface area contributed by atoms with Crippen LogP contribution in [0.5, 0.6) is 0 Å². The van der Waals surface area contributed by atoms with Crippen molar-refractivity contribution in [2.75, 3.05) is 22.1 Å². The largest absolute Gasteiger partial charge is 0.385 e. The SMILES string of the molecule is CCC(CC)CNc1ccc(C(=O)N2c3ccccc3[C@H](C(C)C(=O)Nc3ccccc3)C[C@@H]2C)cc1. The van der Waals surface area contributed by atoms with E-state index in [2.05, 4.69) is 37.5 Å². The van der Waals surface area contributed by atoms with Gasteiger partial charge in [0.15, 0.2) is 0 Å². The number of carbonyl (C=O) groups excluding carboxylic acids is 2. The predicted octanol–water partition coefficient (Wildman–Crippen LogP) is 7.33. The number of rotatable bonds is 9. The number of fused-ring (bicyclic) bond motifs is 1. The lowest BCUT2D eigenvalue weighted by Crippen LogP contribution is -2.45. The molecule has 0 aliphatic carbocycles. The fourth-order valence-electron chi connectivity index (χ4n) is 5.31. The number of hydrogen-bond acceptors (Lipinski definition) is 3. The number of amides is 2. The molecule has 3 aromatic carbocycles. The molecule has 0 aromatic heterocycles. The summed E-state index contributed by atoms with van der Waals surface area (Å²) in [6, 6.07) is 25.4. The zero-order valence-electron chi connectivity index (χ0n) is 22.4. The molecule has 1 aliphatic rings. The van der Waals surface area contributed by atoms with Gasteiger partial charge >= 0.3 is 0 Å². The van der Waals surface area contributed by atoms with Crippen LogP contribution >= 0.6 is 0 Å². The lowest BCUT2D eigenvalue weighted by Gasteiger charge is -2.41. The molecular weight excluding hydrogens is 458 g/mol. The molecule has 0 saturated heterocycles. The van der Waals surface area contributed by atoms with Crippen LogP contribution in [-0.4, -0.2) is 24.4 Å². The van der Waals surface area contributed by atoms with E-state index in [0.29, 0.717) is 11.5 Å². The molecular formula is C32H39N3O2. The van der Waals surface area contributed by atoms with E-state index in [9.17, 15) is 9.59 Å². The topological polar surface area (TPSA) is 61.4 Å². The summed E-state index contributed by atoms with van der Waals surface area (Å²) in [5, 5.41) is 6.55. The molecule has 1 aliphatic heterocycles. The molecule has 194 valence electrons. The number of nitrogens with one attached hydrogen (secondary N) is 2. The Hall–Kier alpha value is -3.60. The fourth-order valence-corrected chi connectivity index (χ4v) is 5.31. The first-order valence-electron chi connectivity index (χ1n) is 13.5. The second-order valence-electron chi connectivity index (χ2n) is 10.2. The number of anilines is 3. The third-order valence-corrected chi connectivity index (χ3v) is 7.79. The van der Waals surface area contributed by atoms with Gasteiger partial charge in [-0.2, -0.15) is 0 Å². The Balaban J connectivity index is 1.52. The van der Waals surface area contributed by atoms with Crippen molar-refractivity contribution in [1.82, 2.24) is 0 Å². The number of hydrogen-bond donors (Lipinski definition) is 2. The quantitative estimate of drug-likeness (QED) is 0.325. The smallest absolute Gasteiger partial charge is 0.258 e. The van der Waals surface area contributed by atoms with E-state index in [1.54, 1.807) is 0 Å². The van der Waals surface area contributed by atoms with Crippen molar-refractivity contribution in [2.24, 2.45) is 11.8 Å². The van der Waals surface area contributed by atoms with Gasteiger partial charge in [-0.3, -0.25) is 9.59 Å². The lowest BCUT2D eigenvalue weighted by molar-refractivity contribution is -0.120. The zero-order chi connectivity index (χ0) is 26.4. The highest BCUT2D eigenvalue weighted by atomic mass is 16.2. The predicted molar refractivity (Wildman–Crippen MR) is 153 cm³/mol. The molecule has 3 aromatic rings. The van der Waals surface area contributed by atoms with Gasteiger partial charge in [-0.05, 0) is 73.2 Å². The Morgan fingerprint density at radius 2 is 1.54 bits per heavy atom. The first-order valence-corrected chi connectivity index (χ1v) is 13.5. The van der Waals surface area contributed by atoms with Crippen LogP contribution in [-0.2, 0) is 4.79 Å². The van der Waals surface area contributed by atoms with Gasteiger partial charge in [0, 0.05) is 41.1 Å². The van der Waals surface area contributed by atoms with E-state index in [1.165, 1.54) is 0 Å². The Bertz CT molecular complexity index is 1190. The summed E-state index contributed by atoms with van der Waals surface area (Å²) < 4.78 is 0. The first kappa shape index (κ1) is 26.5. The van der Waals surface area contributed by atoms with E-state index >= 15 is 0 Å². The van der Waals surface area contributed by atoms with Crippen molar-refractivity contribution in [2.45, 2.75) is 58.9 Å². The maximum absolute atomic E-state index is 13.7. The third kappa shape index (κ3) is 6.04. The molecule has 2 N–H and O–H groups in total. The molecule has 2 amide bonds. The van der Waals surface area contributed by atoms with Crippen molar-refractivity contribution in [3.8, 4) is 0 Å². The summed E-state index contributed by atoms with van der Waals surface area (Å²) in [6.45, 7) is 9.44. The normalized spacial score (nSPS) is 17.7. The van der Waals surface area contributed by atoms with E-state index < -0.39 is 0 Å². The van der Waals surface area contributed by atoms with E-state index in [1.807, 2.05) is 84.6 Å². The molecule has 4 rings (SSSR count). The van der Waals surface area contributed by atoms with Gasteiger partial charge in [-0.25, -0.2) is 0 Å². The zero-order valence-corrected chi connectivity index (χ0v) is 22.4. The monoisotopic (exact) mass is 497 g/mol. The molecule has 0 radical (unpaired) electrons. The van der Waals surface area contributed by atoms with Crippen LogP contribution in [0, 0.1) is 11.8 Å². The van der Waals surface area contributed by atoms with Crippen molar-refractivity contribution in [3.63, 3.8) is 0 Å². The number of para-hydroxylation sites is 2. The summed E-state index contributed by atoms with van der Waals surface area (Å²) in [5.74, 6) is 0.426. The molecule has 0 spiro atoms. The number of benzene rings is 3. The maximum Gasteiger partial charge on any atom is 0.258 e. The van der Waals surface area contributed by atoms with Crippen molar-refractivity contribution in [1.29, 1.82) is 0 Å². The van der Waals surface area contributed by atoms with Crippen LogP contribution in [0.3, 0.4) is 0 Å². The van der Waals surface area contributed by atoms with E-state index in [-0.39, 0.29) is 29.7 Å². The fraction of sp³-hybridized carbons (Fsp3) is 0.375. The van der Waals surface area contributed by atoms with Crippen LogP contribution in [0.25, 0.3) is 0 Å². The van der Waals surface area contributed by atoms with E-state index in [4.69, 9.17) is 0 Å². The molecule has 1 unspecified atom stereocenters. The maximum atomic E-state index is 13.7. The standard InChI is InChI=1S/C32H39N3O2/c1-5-24(6-2)21-33-26-18-16-25(17-19-26)32(37)35-22(3)20-29(28-14-10-11-15-30(28)35)23(4)31(36)34-27-12-8-7-9-13-27/h7-19,22-24,29,33H,5-6,20-21H2,1-4H3,(H,34,36)/t22-,23?,29-/m0/s1. The molecule has 5 heteroatoms. The highest BCUT2D eigenvalue weighted by Crippen LogP contribution is 2.43. The lowest BCUT2D eigenvalue weighted by atomic mass is 9.78. The summed E-state index contributed by atoms with van der Waals surface area (Å²) in [6.07, 6.45) is 3.03. The Morgan fingerprint density at radius 1 is 0.892 bits per heavy atom. The van der Waals surface area contributed by atoms with Crippen LogP contribution in [0.4, 0.5) is 17.1 Å². The summed E-state index contributed by atoms with van der Waals surface area (Å²) in [5.41, 5.74) is 4.45. The van der Waals surface area contributed by atoms with Crippen molar-refractivity contribution in [3.05, 3.63) is 90.0 Å². The van der Waals surface area contributed by atoms with Crippen LogP contribution in [0.15, 0.2) is 78.9 Å². The Kier molecular flexibility index (Phi) is 8.65. The van der Waals surface area contributed by atoms with Crippen LogP contribution in [0.2, 0.25) is 0 Å². The van der Waals surface area contributed by atoms with Crippen molar-refractivity contribution < 1.29 is 9.59 Å². The molecule has 5 nitrogen and oxygen atoms in total. The third-order valence-electron chi connectivity index (χ3n) is 7.79. The van der Waals surface area contributed by atoms with Gasteiger partial charge in [0.25, 0.3) is 5.91 Å².